The summed E-state index contributed by atoms with van der Waals surface area (Å²) >= 11 is 1.27. The Hall–Kier alpha value is -4.15. The Morgan fingerprint density at radius 1 is 0.875 bits per heavy atom. The zero-order valence-electron chi connectivity index (χ0n) is 16.9. The number of nitrogens with one attached hydrogen (secondary N) is 1. The fourth-order valence-corrected chi connectivity index (χ4v) is 4.20. The van der Waals surface area contributed by atoms with E-state index in [1.165, 1.54) is 11.8 Å². The summed E-state index contributed by atoms with van der Waals surface area (Å²) in [6.45, 7) is 0. The van der Waals surface area contributed by atoms with Gasteiger partial charge in [-0.3, -0.25) is 0 Å². The van der Waals surface area contributed by atoms with Crippen molar-refractivity contribution in [3.63, 3.8) is 0 Å². The van der Waals surface area contributed by atoms with Gasteiger partial charge in [-0.15, -0.1) is 0 Å². The van der Waals surface area contributed by atoms with Gasteiger partial charge in [0.2, 0.25) is 0 Å². The highest BCUT2D eigenvalue weighted by Crippen LogP contribution is 2.29. The molecule has 32 heavy (non-hydrogen) atoms. The highest BCUT2D eigenvalue weighted by Gasteiger charge is 2.15. The molecule has 5 aromatic rings. The second-order valence-electron chi connectivity index (χ2n) is 7.06. The minimum Gasteiger partial charge on any atom is -0.510 e. The number of fused-ring (bicyclic) bond motifs is 2. The van der Waals surface area contributed by atoms with Crippen molar-refractivity contribution in [2.75, 3.05) is 5.75 Å². The molecule has 0 spiro atoms. The molecule has 0 unspecified atom stereocenters. The third-order valence-electron chi connectivity index (χ3n) is 4.99. The highest BCUT2D eigenvalue weighted by atomic mass is 32.2. The van der Waals surface area contributed by atoms with Crippen LogP contribution in [0.2, 0.25) is 0 Å². The van der Waals surface area contributed by atoms with E-state index in [1.807, 2.05) is 78.9 Å². The molecule has 2 heterocycles. The van der Waals surface area contributed by atoms with Crippen LogP contribution in [0, 0.1) is 11.3 Å². The number of nitrogens with zero attached hydrogens (tertiary/aromatic N) is 4. The first-order chi connectivity index (χ1) is 15.7. The largest absolute Gasteiger partial charge is 0.510 e. The number of hydrogen-bond acceptors (Lipinski definition) is 6. The molecule has 7 heteroatoms. The maximum absolute atomic E-state index is 10.7. The maximum Gasteiger partial charge on any atom is 0.189 e. The lowest BCUT2D eigenvalue weighted by atomic mass is 10.1. The van der Waals surface area contributed by atoms with Crippen molar-refractivity contribution in [2.24, 2.45) is 0 Å². The number of aliphatic hydroxyl groups excluding tert-OH is 1. The molecule has 0 saturated carbocycles. The van der Waals surface area contributed by atoms with Gasteiger partial charge in [0, 0.05) is 10.9 Å². The maximum atomic E-state index is 10.7. The highest BCUT2D eigenvalue weighted by molar-refractivity contribution is 7.99. The topological polar surface area (TPSA) is 98.5 Å². The molecule has 2 N–H and O–H groups in total. The van der Waals surface area contributed by atoms with E-state index in [1.54, 1.807) is 0 Å². The SMILES string of the molecule is N#C/C(=C(/O)CSc1nc(-c2ccccc2)c2ccccc2n1)c1nc2ccccc2[nH]1. The summed E-state index contributed by atoms with van der Waals surface area (Å²) < 4.78 is 0. The Bertz CT molecular complexity index is 1470. The van der Waals surface area contributed by atoms with Crippen LogP contribution in [0.25, 0.3) is 38.8 Å². The number of hydrogen-bond donors (Lipinski definition) is 2. The summed E-state index contributed by atoms with van der Waals surface area (Å²) in [5, 5.41) is 21.8. The van der Waals surface area contributed by atoms with Gasteiger partial charge in [0.15, 0.2) is 11.0 Å². The summed E-state index contributed by atoms with van der Waals surface area (Å²) in [6, 6.07) is 27.3. The lowest BCUT2D eigenvalue weighted by molar-refractivity contribution is 0.420. The summed E-state index contributed by atoms with van der Waals surface area (Å²) in [7, 11) is 0. The molecule has 0 bridgehead atoms. The summed E-state index contributed by atoms with van der Waals surface area (Å²) in [5.41, 5.74) is 4.30. The zero-order valence-corrected chi connectivity index (χ0v) is 17.7. The van der Waals surface area contributed by atoms with Crippen LogP contribution in [-0.2, 0) is 0 Å². The number of H-pyrrole nitrogens is 1. The molecule has 6 nitrogen and oxygen atoms in total. The lowest BCUT2D eigenvalue weighted by Crippen LogP contribution is -1.98. The molecule has 0 amide bonds. The van der Waals surface area contributed by atoms with E-state index >= 15 is 0 Å². The van der Waals surface area contributed by atoms with Gasteiger partial charge in [0.05, 0.1) is 28.0 Å². The molecule has 3 aromatic carbocycles. The third kappa shape index (κ3) is 3.80. The number of aliphatic hydroxyl groups is 1. The van der Waals surface area contributed by atoms with Crippen LogP contribution in [0.15, 0.2) is 89.8 Å². The molecule has 2 aromatic heterocycles. The predicted octanol–water partition coefficient (Wildman–Crippen LogP) is 5.76. The van der Waals surface area contributed by atoms with Gasteiger partial charge in [-0.1, -0.05) is 72.4 Å². The van der Waals surface area contributed by atoms with Crippen LogP contribution < -0.4 is 0 Å². The normalized spacial score (nSPS) is 12.0. The Labute approximate surface area is 188 Å². The van der Waals surface area contributed by atoms with E-state index < -0.39 is 0 Å². The number of rotatable bonds is 5. The van der Waals surface area contributed by atoms with E-state index in [-0.39, 0.29) is 17.1 Å². The van der Waals surface area contributed by atoms with Gasteiger partial charge in [-0.05, 0) is 18.2 Å². The fourth-order valence-electron chi connectivity index (χ4n) is 3.47. The smallest absolute Gasteiger partial charge is 0.189 e. The second kappa shape index (κ2) is 8.53. The Morgan fingerprint density at radius 3 is 2.38 bits per heavy atom. The van der Waals surface area contributed by atoms with Crippen LogP contribution >= 0.6 is 11.8 Å². The van der Waals surface area contributed by atoms with Gasteiger partial charge in [-0.25, -0.2) is 15.0 Å². The monoisotopic (exact) mass is 435 g/mol. The molecule has 0 saturated heterocycles. The molecule has 5 rings (SSSR count). The van der Waals surface area contributed by atoms with Gasteiger partial charge in [0.1, 0.15) is 17.4 Å². The first-order valence-corrected chi connectivity index (χ1v) is 10.9. The molecule has 0 radical (unpaired) electrons. The number of thioether (sulfide) groups is 1. The van der Waals surface area contributed by atoms with Crippen LogP contribution in [0.5, 0.6) is 0 Å². The number of allylic oxidation sites excluding steroid dienone is 1. The van der Waals surface area contributed by atoms with E-state index in [9.17, 15) is 10.4 Å². The molecular formula is C25H17N5OS. The van der Waals surface area contributed by atoms with E-state index in [0.717, 1.165) is 33.2 Å². The van der Waals surface area contributed by atoms with Crippen molar-refractivity contribution in [3.05, 3.63) is 90.4 Å². The quantitative estimate of drug-likeness (QED) is 0.158. The molecular weight excluding hydrogens is 418 g/mol. The average molecular weight is 436 g/mol. The van der Waals surface area contributed by atoms with Gasteiger partial charge < -0.3 is 10.1 Å². The van der Waals surface area contributed by atoms with Crippen molar-refractivity contribution in [3.8, 4) is 17.3 Å². The number of aromatic nitrogens is 4. The minimum absolute atomic E-state index is 0.0745. The molecule has 0 fully saturated rings. The first kappa shape index (κ1) is 19.8. The van der Waals surface area contributed by atoms with Crippen LogP contribution in [0.4, 0.5) is 0 Å². The van der Waals surface area contributed by atoms with Crippen LogP contribution in [0.1, 0.15) is 5.82 Å². The lowest BCUT2D eigenvalue weighted by Gasteiger charge is -2.09. The third-order valence-corrected chi connectivity index (χ3v) is 5.85. The summed E-state index contributed by atoms with van der Waals surface area (Å²) in [6.07, 6.45) is 0. The average Bonchev–Trinajstić information content (AvgIpc) is 3.27. The minimum atomic E-state index is -0.0745. The van der Waals surface area contributed by atoms with E-state index in [0.29, 0.717) is 11.0 Å². The zero-order chi connectivity index (χ0) is 21.9. The number of benzene rings is 3. The van der Waals surface area contributed by atoms with Gasteiger partial charge in [-0.2, -0.15) is 5.26 Å². The standard InChI is InChI=1S/C25H17N5OS/c26-14-18(24-27-20-12-6-7-13-21(20)28-24)22(31)15-32-25-29-19-11-5-4-10-17(19)23(30-25)16-8-2-1-3-9-16/h1-13,31H,15H2,(H,27,28)/b22-18-. The second-order valence-corrected chi connectivity index (χ2v) is 8.01. The molecule has 0 atom stereocenters. The predicted molar refractivity (Wildman–Crippen MR) is 127 cm³/mol. The molecule has 0 aliphatic heterocycles. The Kier molecular flexibility index (Phi) is 5.28. The Balaban J connectivity index is 1.48. The van der Waals surface area contributed by atoms with Gasteiger partial charge >= 0.3 is 0 Å². The van der Waals surface area contributed by atoms with Crippen molar-refractivity contribution < 1.29 is 5.11 Å². The van der Waals surface area contributed by atoms with Gasteiger partial charge in [0.25, 0.3) is 0 Å². The van der Waals surface area contributed by atoms with Crippen LogP contribution in [0.3, 0.4) is 0 Å². The molecule has 154 valence electrons. The first-order valence-electron chi connectivity index (χ1n) is 9.95. The summed E-state index contributed by atoms with van der Waals surface area (Å²) in [5.74, 6) is 0.415. The van der Waals surface area contributed by atoms with Crippen molar-refractivity contribution in [2.45, 2.75) is 5.16 Å². The number of aromatic amines is 1. The summed E-state index contributed by atoms with van der Waals surface area (Å²) in [4.78, 5) is 16.9. The number of para-hydroxylation sites is 3. The molecule has 0 aliphatic carbocycles. The number of nitriles is 1. The van der Waals surface area contributed by atoms with Crippen molar-refractivity contribution in [1.82, 2.24) is 19.9 Å². The van der Waals surface area contributed by atoms with Crippen LogP contribution in [-0.4, -0.2) is 30.8 Å². The Morgan fingerprint density at radius 2 is 1.59 bits per heavy atom. The van der Waals surface area contributed by atoms with E-state index in [2.05, 4.69) is 21.0 Å². The van der Waals surface area contributed by atoms with Crippen molar-refractivity contribution >= 4 is 39.3 Å². The molecule has 0 aliphatic rings. The van der Waals surface area contributed by atoms with E-state index in [4.69, 9.17) is 4.98 Å². The fraction of sp³-hybridized carbons (Fsp3) is 0.0400. The number of imidazole rings is 1. The van der Waals surface area contributed by atoms with Crippen molar-refractivity contribution in [1.29, 1.82) is 5.26 Å².